The molecule has 0 fully saturated rings. The molecule has 1 aromatic carbocycles. The van der Waals surface area contributed by atoms with E-state index in [4.69, 9.17) is 0 Å². The second kappa shape index (κ2) is 4.81. The number of benzene rings is 1. The molecule has 0 aliphatic rings. The van der Waals surface area contributed by atoms with E-state index in [9.17, 15) is 13.2 Å². The Kier molecular flexibility index (Phi) is 3.38. The predicted molar refractivity (Wildman–Crippen MR) is 61.3 cm³/mol. The molecule has 96 valence electrons. The molecule has 6 heteroatoms. The molecule has 0 bridgehead atoms. The lowest BCUT2D eigenvalue weighted by atomic mass is 10.2. The molecule has 0 spiro atoms. The van der Waals surface area contributed by atoms with Crippen LogP contribution in [0.2, 0.25) is 0 Å². The van der Waals surface area contributed by atoms with Crippen molar-refractivity contribution in [1.82, 2.24) is 15.1 Å². The Morgan fingerprint density at radius 1 is 1.33 bits per heavy atom. The zero-order valence-corrected chi connectivity index (χ0v) is 9.70. The number of nitrogens with one attached hydrogen (secondary N) is 1. The van der Waals surface area contributed by atoms with Gasteiger partial charge in [-0.15, -0.1) is 0 Å². The summed E-state index contributed by atoms with van der Waals surface area (Å²) in [6, 6.07) is 7.20. The van der Waals surface area contributed by atoms with E-state index in [-0.39, 0.29) is 0 Å². The van der Waals surface area contributed by atoms with Crippen molar-refractivity contribution < 1.29 is 13.2 Å². The first-order valence-corrected chi connectivity index (χ1v) is 5.36. The normalized spacial score (nSPS) is 11.8. The molecule has 0 atom stereocenters. The fourth-order valence-electron chi connectivity index (χ4n) is 1.62. The number of rotatable bonds is 3. The van der Waals surface area contributed by atoms with Crippen LogP contribution in [-0.2, 0) is 12.7 Å². The van der Waals surface area contributed by atoms with Gasteiger partial charge in [0, 0.05) is 12.7 Å². The molecule has 0 saturated heterocycles. The number of hydrogen-bond donors (Lipinski definition) is 1. The van der Waals surface area contributed by atoms with Crippen molar-refractivity contribution in [3.05, 3.63) is 47.8 Å². The van der Waals surface area contributed by atoms with Crippen molar-refractivity contribution in [2.24, 2.45) is 0 Å². The Hall–Kier alpha value is -1.82. The van der Waals surface area contributed by atoms with Gasteiger partial charge < -0.3 is 5.32 Å². The summed E-state index contributed by atoms with van der Waals surface area (Å²) < 4.78 is 38.6. The van der Waals surface area contributed by atoms with Crippen LogP contribution in [0.5, 0.6) is 0 Å². The molecular formula is C12H12F3N3. The molecule has 0 radical (unpaired) electrons. The molecule has 3 nitrogen and oxygen atoms in total. The molecule has 2 aromatic rings. The van der Waals surface area contributed by atoms with Gasteiger partial charge in [0.25, 0.3) is 0 Å². The lowest BCUT2D eigenvalue weighted by Gasteiger charge is -2.05. The maximum atomic E-state index is 12.5. The zero-order valence-electron chi connectivity index (χ0n) is 9.70. The summed E-state index contributed by atoms with van der Waals surface area (Å²) in [4.78, 5) is 0. The van der Waals surface area contributed by atoms with Crippen molar-refractivity contribution in [2.45, 2.75) is 12.7 Å². The first kappa shape index (κ1) is 12.6. The molecule has 1 aromatic heterocycles. The van der Waals surface area contributed by atoms with Gasteiger partial charge in [-0.1, -0.05) is 12.1 Å². The Morgan fingerprint density at radius 2 is 2.11 bits per heavy atom. The highest BCUT2D eigenvalue weighted by Gasteiger charge is 2.32. The monoisotopic (exact) mass is 255 g/mol. The fourth-order valence-corrected chi connectivity index (χ4v) is 1.62. The molecule has 0 aliphatic heterocycles. The van der Waals surface area contributed by atoms with Gasteiger partial charge in [0.1, 0.15) is 0 Å². The first-order chi connectivity index (χ1) is 8.50. The van der Waals surface area contributed by atoms with E-state index in [0.717, 1.165) is 18.0 Å². The third-order valence-corrected chi connectivity index (χ3v) is 2.47. The van der Waals surface area contributed by atoms with Crippen molar-refractivity contribution in [3.8, 4) is 5.69 Å². The minimum atomic E-state index is -4.36. The molecule has 1 N–H and O–H groups in total. The SMILES string of the molecule is CNCc1cccc(-n2cc(C(F)(F)F)cn2)c1. The van der Waals surface area contributed by atoms with Crippen LogP contribution in [0, 0.1) is 0 Å². The minimum absolute atomic E-state index is 0.609. The van der Waals surface area contributed by atoms with Crippen LogP contribution in [-0.4, -0.2) is 16.8 Å². The van der Waals surface area contributed by atoms with Gasteiger partial charge in [-0.2, -0.15) is 18.3 Å². The summed E-state index contributed by atoms with van der Waals surface area (Å²) in [5, 5.41) is 6.71. The Morgan fingerprint density at radius 3 is 2.72 bits per heavy atom. The maximum Gasteiger partial charge on any atom is 0.419 e. The smallest absolute Gasteiger partial charge is 0.316 e. The largest absolute Gasteiger partial charge is 0.419 e. The van der Waals surface area contributed by atoms with Crippen LogP contribution in [0.15, 0.2) is 36.7 Å². The van der Waals surface area contributed by atoms with Crippen molar-refractivity contribution >= 4 is 0 Å². The molecule has 0 saturated carbocycles. The zero-order chi connectivity index (χ0) is 13.2. The lowest BCUT2D eigenvalue weighted by Crippen LogP contribution is -2.06. The van der Waals surface area contributed by atoms with Gasteiger partial charge in [0.05, 0.1) is 17.4 Å². The number of aromatic nitrogens is 2. The number of hydrogen-bond acceptors (Lipinski definition) is 2. The maximum absolute atomic E-state index is 12.5. The summed E-state index contributed by atoms with van der Waals surface area (Å²) >= 11 is 0. The second-order valence-electron chi connectivity index (χ2n) is 3.87. The van der Waals surface area contributed by atoms with Crippen LogP contribution < -0.4 is 5.32 Å². The first-order valence-electron chi connectivity index (χ1n) is 5.36. The summed E-state index contributed by atoms with van der Waals surface area (Å²) in [5.74, 6) is 0. The minimum Gasteiger partial charge on any atom is -0.316 e. The van der Waals surface area contributed by atoms with E-state index in [0.29, 0.717) is 12.2 Å². The number of alkyl halides is 3. The quantitative estimate of drug-likeness (QED) is 0.913. The van der Waals surface area contributed by atoms with Crippen LogP contribution in [0.25, 0.3) is 5.69 Å². The average molecular weight is 255 g/mol. The number of halogens is 3. The summed E-state index contributed by atoms with van der Waals surface area (Å²) in [6.07, 6.45) is -2.55. The topological polar surface area (TPSA) is 29.9 Å². The lowest BCUT2D eigenvalue weighted by molar-refractivity contribution is -0.137. The van der Waals surface area contributed by atoms with E-state index < -0.39 is 11.7 Å². The highest BCUT2D eigenvalue weighted by molar-refractivity contribution is 5.35. The van der Waals surface area contributed by atoms with E-state index in [1.54, 1.807) is 18.2 Å². The highest BCUT2D eigenvalue weighted by atomic mass is 19.4. The summed E-state index contributed by atoms with van der Waals surface area (Å²) in [5.41, 5.74) is 0.846. The third kappa shape index (κ3) is 2.70. The van der Waals surface area contributed by atoms with Crippen molar-refractivity contribution in [2.75, 3.05) is 7.05 Å². The Labute approximate surface area is 102 Å². The molecule has 2 rings (SSSR count). The van der Waals surface area contributed by atoms with Gasteiger partial charge in [-0.25, -0.2) is 4.68 Å². The van der Waals surface area contributed by atoms with Crippen LogP contribution >= 0.6 is 0 Å². The van der Waals surface area contributed by atoms with Gasteiger partial charge in [-0.05, 0) is 24.7 Å². The van der Waals surface area contributed by atoms with Gasteiger partial charge >= 0.3 is 6.18 Å². The predicted octanol–water partition coefficient (Wildman–Crippen LogP) is 2.61. The fraction of sp³-hybridized carbons (Fsp3) is 0.250. The molecule has 18 heavy (non-hydrogen) atoms. The van der Waals surface area contributed by atoms with Crippen molar-refractivity contribution in [3.63, 3.8) is 0 Å². The van der Waals surface area contributed by atoms with Gasteiger partial charge in [0.15, 0.2) is 0 Å². The molecular weight excluding hydrogens is 243 g/mol. The molecule has 0 aliphatic carbocycles. The van der Waals surface area contributed by atoms with Crippen LogP contribution in [0.1, 0.15) is 11.1 Å². The van der Waals surface area contributed by atoms with E-state index in [1.165, 1.54) is 4.68 Å². The van der Waals surface area contributed by atoms with E-state index in [1.807, 2.05) is 13.1 Å². The molecule has 0 unspecified atom stereocenters. The summed E-state index contributed by atoms with van der Waals surface area (Å²) in [7, 11) is 1.81. The third-order valence-electron chi connectivity index (χ3n) is 2.47. The van der Waals surface area contributed by atoms with Crippen molar-refractivity contribution in [1.29, 1.82) is 0 Å². The van der Waals surface area contributed by atoms with E-state index in [2.05, 4.69) is 10.4 Å². The Balaban J connectivity index is 2.31. The standard InChI is InChI=1S/C12H12F3N3/c1-16-6-9-3-2-4-11(5-9)18-8-10(7-17-18)12(13,14)15/h2-5,7-8,16H,6H2,1H3. The molecule has 0 amide bonds. The van der Waals surface area contributed by atoms with Crippen LogP contribution in [0.3, 0.4) is 0 Å². The Bertz CT molecular complexity index is 531. The van der Waals surface area contributed by atoms with Gasteiger partial charge in [0.2, 0.25) is 0 Å². The van der Waals surface area contributed by atoms with Gasteiger partial charge in [-0.3, -0.25) is 0 Å². The van der Waals surface area contributed by atoms with E-state index >= 15 is 0 Å². The summed E-state index contributed by atoms with van der Waals surface area (Å²) in [6.45, 7) is 0.654. The second-order valence-corrected chi connectivity index (χ2v) is 3.87. The molecule has 1 heterocycles. The van der Waals surface area contributed by atoms with Crippen LogP contribution in [0.4, 0.5) is 13.2 Å². The number of nitrogens with zero attached hydrogens (tertiary/aromatic N) is 2. The highest BCUT2D eigenvalue weighted by Crippen LogP contribution is 2.29. The average Bonchev–Trinajstić information content (AvgIpc) is 2.78.